The van der Waals surface area contributed by atoms with Gasteiger partial charge in [0.05, 0.1) is 6.61 Å². The van der Waals surface area contributed by atoms with Crippen LogP contribution in [0.3, 0.4) is 0 Å². The van der Waals surface area contributed by atoms with Crippen molar-refractivity contribution in [2.45, 2.75) is 19.8 Å². The first-order chi connectivity index (χ1) is 9.54. The van der Waals surface area contributed by atoms with Gasteiger partial charge in [-0.15, -0.1) is 0 Å². The van der Waals surface area contributed by atoms with Crippen molar-refractivity contribution in [1.29, 1.82) is 0 Å². The molecule has 0 spiro atoms. The molecule has 110 valence electrons. The van der Waals surface area contributed by atoms with Crippen LogP contribution >= 0.6 is 15.9 Å². The third kappa shape index (κ3) is 3.81. The van der Waals surface area contributed by atoms with Crippen LogP contribution in [-0.4, -0.2) is 37.4 Å². The Morgan fingerprint density at radius 1 is 1.50 bits per heavy atom. The monoisotopic (exact) mass is 341 g/mol. The molecule has 0 bridgehead atoms. The van der Waals surface area contributed by atoms with Crippen LogP contribution < -0.4 is 5.32 Å². The van der Waals surface area contributed by atoms with Gasteiger partial charge in [-0.3, -0.25) is 4.79 Å². The first kappa shape index (κ1) is 15.5. The van der Waals surface area contributed by atoms with Gasteiger partial charge in [0.15, 0.2) is 0 Å². The number of rotatable bonds is 5. The summed E-state index contributed by atoms with van der Waals surface area (Å²) in [5.74, 6) is -0.0846. The zero-order valence-electron chi connectivity index (χ0n) is 11.6. The van der Waals surface area contributed by atoms with E-state index < -0.39 is 0 Å². The highest BCUT2D eigenvalue weighted by Crippen LogP contribution is 2.31. The van der Waals surface area contributed by atoms with Crippen molar-refractivity contribution in [3.8, 4) is 0 Å². The summed E-state index contributed by atoms with van der Waals surface area (Å²) in [6.45, 7) is 3.92. The molecule has 1 aromatic rings. The lowest BCUT2D eigenvalue weighted by Gasteiger charge is -2.26. The van der Waals surface area contributed by atoms with E-state index in [-0.39, 0.29) is 17.9 Å². The maximum absolute atomic E-state index is 12.2. The number of benzene rings is 1. The van der Waals surface area contributed by atoms with Crippen LogP contribution in [-0.2, 0) is 4.74 Å². The number of carbonyl (C=O) groups excluding carboxylic acids is 1. The highest BCUT2D eigenvalue weighted by molar-refractivity contribution is 9.10. The fraction of sp³-hybridized carbons (Fsp3) is 0.533. The van der Waals surface area contributed by atoms with Gasteiger partial charge in [0.25, 0.3) is 5.91 Å². The van der Waals surface area contributed by atoms with E-state index in [4.69, 9.17) is 4.74 Å². The standard InChI is InChI=1S/C15H20BrNO3/c1-11-6-12(8-13(16)7-11)14(19)17-9-15(2-4-18)3-5-20-10-15/h6-8,18H,2-5,9-10H2,1H3,(H,17,19). The molecule has 0 aromatic heterocycles. The average Bonchev–Trinajstić information content (AvgIpc) is 2.84. The molecule has 5 heteroatoms. The molecule has 2 N–H and O–H groups in total. The summed E-state index contributed by atoms with van der Waals surface area (Å²) >= 11 is 3.40. The lowest BCUT2D eigenvalue weighted by atomic mass is 9.84. The fourth-order valence-corrected chi connectivity index (χ4v) is 3.16. The highest BCUT2D eigenvalue weighted by atomic mass is 79.9. The second-order valence-electron chi connectivity index (χ2n) is 5.48. The molecule has 1 unspecified atom stereocenters. The van der Waals surface area contributed by atoms with E-state index >= 15 is 0 Å². The quantitative estimate of drug-likeness (QED) is 0.863. The number of aliphatic hydroxyl groups excluding tert-OH is 1. The molecule has 0 saturated carbocycles. The van der Waals surface area contributed by atoms with Gasteiger partial charge in [-0.05, 0) is 43.5 Å². The first-order valence-corrected chi connectivity index (χ1v) is 7.58. The molecule has 1 heterocycles. The van der Waals surface area contributed by atoms with Crippen molar-refractivity contribution in [1.82, 2.24) is 5.32 Å². The third-order valence-electron chi connectivity index (χ3n) is 3.76. The Balaban J connectivity index is 2.00. The number of aliphatic hydroxyl groups is 1. The van der Waals surface area contributed by atoms with Crippen LogP contribution in [0, 0.1) is 12.3 Å². The molecule has 1 aliphatic rings. The first-order valence-electron chi connectivity index (χ1n) is 6.79. The van der Waals surface area contributed by atoms with E-state index in [1.54, 1.807) is 0 Å². The van der Waals surface area contributed by atoms with E-state index in [0.717, 1.165) is 16.5 Å². The Kier molecular flexibility index (Phi) is 5.18. The van der Waals surface area contributed by atoms with Gasteiger partial charge in [0.1, 0.15) is 0 Å². The highest BCUT2D eigenvalue weighted by Gasteiger charge is 2.34. The second-order valence-corrected chi connectivity index (χ2v) is 6.39. The van der Waals surface area contributed by atoms with Crippen molar-refractivity contribution in [2.24, 2.45) is 5.41 Å². The molecule has 20 heavy (non-hydrogen) atoms. The van der Waals surface area contributed by atoms with E-state index in [1.807, 2.05) is 25.1 Å². The number of hydrogen-bond acceptors (Lipinski definition) is 3. The van der Waals surface area contributed by atoms with Crippen LogP contribution in [0.1, 0.15) is 28.8 Å². The summed E-state index contributed by atoms with van der Waals surface area (Å²) in [6, 6.07) is 5.64. The number of hydrogen-bond donors (Lipinski definition) is 2. The van der Waals surface area contributed by atoms with Crippen molar-refractivity contribution < 1.29 is 14.6 Å². The van der Waals surface area contributed by atoms with E-state index in [2.05, 4.69) is 21.2 Å². The van der Waals surface area contributed by atoms with Gasteiger partial charge in [-0.1, -0.05) is 15.9 Å². The predicted molar refractivity (Wildman–Crippen MR) is 80.8 cm³/mol. The average molecular weight is 342 g/mol. The Morgan fingerprint density at radius 2 is 2.30 bits per heavy atom. The number of carbonyl (C=O) groups is 1. The second kappa shape index (κ2) is 6.70. The topological polar surface area (TPSA) is 58.6 Å². The summed E-state index contributed by atoms with van der Waals surface area (Å²) in [6.07, 6.45) is 1.54. The van der Waals surface area contributed by atoms with Gasteiger partial charge in [0, 0.05) is 35.2 Å². The van der Waals surface area contributed by atoms with Gasteiger partial charge in [-0.2, -0.15) is 0 Å². The van der Waals surface area contributed by atoms with Gasteiger partial charge in [-0.25, -0.2) is 0 Å². The van der Waals surface area contributed by atoms with Crippen molar-refractivity contribution >= 4 is 21.8 Å². The Morgan fingerprint density at radius 3 is 2.90 bits per heavy atom. The van der Waals surface area contributed by atoms with Crippen LogP contribution in [0.2, 0.25) is 0 Å². The molecule has 4 nitrogen and oxygen atoms in total. The van der Waals surface area contributed by atoms with E-state index in [0.29, 0.717) is 31.7 Å². The Hall–Kier alpha value is -0.910. The molecule has 0 radical (unpaired) electrons. The van der Waals surface area contributed by atoms with Crippen LogP contribution in [0.4, 0.5) is 0 Å². The number of ether oxygens (including phenoxy) is 1. The number of amides is 1. The summed E-state index contributed by atoms with van der Waals surface area (Å²) in [5.41, 5.74) is 1.57. The molecule has 0 aliphatic carbocycles. The normalized spacial score (nSPS) is 21.9. The minimum Gasteiger partial charge on any atom is -0.396 e. The lowest BCUT2D eigenvalue weighted by molar-refractivity contribution is 0.0889. The number of halogens is 1. The Labute approximate surface area is 127 Å². The molecule has 1 amide bonds. The van der Waals surface area contributed by atoms with Crippen LogP contribution in [0.25, 0.3) is 0 Å². The smallest absolute Gasteiger partial charge is 0.251 e. The van der Waals surface area contributed by atoms with Gasteiger partial charge < -0.3 is 15.2 Å². The van der Waals surface area contributed by atoms with Gasteiger partial charge in [0.2, 0.25) is 0 Å². The zero-order chi connectivity index (χ0) is 14.6. The van der Waals surface area contributed by atoms with Crippen molar-refractivity contribution in [2.75, 3.05) is 26.4 Å². The van der Waals surface area contributed by atoms with Crippen molar-refractivity contribution in [3.63, 3.8) is 0 Å². The van der Waals surface area contributed by atoms with E-state index in [1.165, 1.54) is 0 Å². The third-order valence-corrected chi connectivity index (χ3v) is 4.21. The summed E-state index contributed by atoms with van der Waals surface area (Å²) in [5, 5.41) is 12.1. The maximum atomic E-state index is 12.2. The predicted octanol–water partition coefficient (Wildman–Crippen LogP) is 2.28. The molecule has 1 saturated heterocycles. The lowest BCUT2D eigenvalue weighted by Crippen LogP contribution is -2.38. The molecule has 1 fully saturated rings. The Bertz CT molecular complexity index is 464. The molecular formula is C15H20BrNO3. The maximum Gasteiger partial charge on any atom is 0.251 e. The molecule has 1 aromatic carbocycles. The van der Waals surface area contributed by atoms with Crippen LogP contribution in [0.15, 0.2) is 22.7 Å². The largest absolute Gasteiger partial charge is 0.396 e. The van der Waals surface area contributed by atoms with Gasteiger partial charge >= 0.3 is 0 Å². The molecular weight excluding hydrogens is 322 g/mol. The molecule has 1 aliphatic heterocycles. The number of nitrogens with one attached hydrogen (secondary N) is 1. The van der Waals surface area contributed by atoms with Crippen molar-refractivity contribution in [3.05, 3.63) is 33.8 Å². The SMILES string of the molecule is Cc1cc(Br)cc(C(=O)NCC2(CCO)CCOC2)c1. The summed E-state index contributed by atoms with van der Waals surface area (Å²) in [7, 11) is 0. The van der Waals surface area contributed by atoms with E-state index in [9.17, 15) is 9.90 Å². The summed E-state index contributed by atoms with van der Waals surface area (Å²) < 4.78 is 6.32. The van der Waals surface area contributed by atoms with Crippen LogP contribution in [0.5, 0.6) is 0 Å². The summed E-state index contributed by atoms with van der Waals surface area (Å²) in [4.78, 5) is 12.2. The fourth-order valence-electron chi connectivity index (χ4n) is 2.55. The molecule has 1 atom stereocenters. The minimum absolute atomic E-state index is 0.0846. The zero-order valence-corrected chi connectivity index (χ0v) is 13.2. The molecule has 2 rings (SSSR count). The number of aryl methyl sites for hydroxylation is 1. The minimum atomic E-state index is -0.120.